The molecule has 33 heavy (non-hydrogen) atoms. The summed E-state index contributed by atoms with van der Waals surface area (Å²) < 4.78 is 26.7. The maximum Gasteiger partial charge on any atom is 0.321 e. The molecule has 8 nitrogen and oxygen atoms in total. The highest BCUT2D eigenvalue weighted by Crippen LogP contribution is 2.55. The zero-order chi connectivity index (χ0) is 23.2. The molecule has 4 saturated carbocycles. The molecule has 2 heterocycles. The molecule has 4 aliphatic carbocycles. The van der Waals surface area contributed by atoms with Crippen LogP contribution in [0.1, 0.15) is 58.3 Å². The molecule has 1 atom stereocenters. The minimum absolute atomic E-state index is 0.145. The fourth-order valence-corrected chi connectivity index (χ4v) is 8.90. The summed E-state index contributed by atoms with van der Waals surface area (Å²) in [5.74, 6) is 1.76. The van der Waals surface area contributed by atoms with Gasteiger partial charge >= 0.3 is 6.03 Å². The molecule has 0 unspecified atom stereocenters. The highest BCUT2D eigenvalue weighted by Gasteiger charge is 2.51. The number of pyridine rings is 1. The fraction of sp³-hybridized carbons (Fsp3) is 0.696. The van der Waals surface area contributed by atoms with Crippen molar-refractivity contribution in [2.75, 3.05) is 13.1 Å². The summed E-state index contributed by atoms with van der Waals surface area (Å²) in [6, 6.07) is 2.75. The molecular formula is C23H32N4O4S2. The van der Waals surface area contributed by atoms with E-state index in [9.17, 15) is 18.0 Å². The number of hydrogen-bond acceptors (Lipinski definition) is 6. The van der Waals surface area contributed by atoms with E-state index in [0.29, 0.717) is 35.9 Å². The second-order valence-electron chi connectivity index (χ2n) is 10.3. The smallest absolute Gasteiger partial charge is 0.321 e. The van der Waals surface area contributed by atoms with Crippen molar-refractivity contribution in [3.8, 4) is 0 Å². The van der Waals surface area contributed by atoms with Crippen LogP contribution in [0.15, 0.2) is 28.3 Å². The van der Waals surface area contributed by atoms with Crippen molar-refractivity contribution < 1.29 is 18.0 Å². The Morgan fingerprint density at radius 1 is 1.09 bits per heavy atom. The Morgan fingerprint density at radius 3 is 2.24 bits per heavy atom. The Bertz CT molecular complexity index is 986. The van der Waals surface area contributed by atoms with Gasteiger partial charge in [-0.1, -0.05) is 11.8 Å². The van der Waals surface area contributed by atoms with E-state index in [1.165, 1.54) is 47.6 Å². The van der Waals surface area contributed by atoms with Crippen LogP contribution in [0.25, 0.3) is 0 Å². The largest absolute Gasteiger partial charge is 0.332 e. The minimum atomic E-state index is -3.51. The van der Waals surface area contributed by atoms with Crippen LogP contribution in [0.4, 0.5) is 4.79 Å². The normalized spacial score (nSPS) is 32.0. The molecular weight excluding hydrogens is 460 g/mol. The number of urea groups is 1. The average molecular weight is 493 g/mol. The summed E-state index contributed by atoms with van der Waals surface area (Å²) in [4.78, 5) is 29.7. The van der Waals surface area contributed by atoms with E-state index in [4.69, 9.17) is 0 Å². The van der Waals surface area contributed by atoms with Crippen molar-refractivity contribution in [1.82, 2.24) is 19.9 Å². The number of sulfonamides is 1. The van der Waals surface area contributed by atoms with Gasteiger partial charge in [0.2, 0.25) is 15.9 Å². The fourth-order valence-electron chi connectivity index (χ4n) is 6.65. The predicted octanol–water partition coefficient (Wildman–Crippen LogP) is 3.14. The maximum atomic E-state index is 12.6. The van der Waals surface area contributed by atoms with Gasteiger partial charge in [0.05, 0.1) is 10.3 Å². The monoisotopic (exact) mass is 492 g/mol. The van der Waals surface area contributed by atoms with Gasteiger partial charge in [0.15, 0.2) is 0 Å². The van der Waals surface area contributed by atoms with Gasteiger partial charge in [-0.25, -0.2) is 18.2 Å². The number of imide groups is 1. The molecule has 180 valence electrons. The van der Waals surface area contributed by atoms with E-state index in [1.807, 2.05) is 0 Å². The molecule has 4 bridgehead atoms. The summed E-state index contributed by atoms with van der Waals surface area (Å²) in [6.07, 6.45) is 10.1. The Labute approximate surface area is 199 Å². The topological polar surface area (TPSA) is 108 Å². The van der Waals surface area contributed by atoms with Gasteiger partial charge in [-0.05, 0) is 88.2 Å². The van der Waals surface area contributed by atoms with Gasteiger partial charge in [0.25, 0.3) is 0 Å². The van der Waals surface area contributed by atoms with E-state index in [-0.39, 0.29) is 16.3 Å². The van der Waals surface area contributed by atoms with Crippen molar-refractivity contribution >= 4 is 33.7 Å². The van der Waals surface area contributed by atoms with E-state index in [1.54, 1.807) is 13.0 Å². The van der Waals surface area contributed by atoms with Crippen LogP contribution < -0.4 is 10.6 Å². The quantitative estimate of drug-likeness (QED) is 0.591. The maximum absolute atomic E-state index is 12.6. The van der Waals surface area contributed by atoms with Crippen molar-refractivity contribution in [1.29, 1.82) is 0 Å². The number of amides is 3. The molecule has 1 aromatic rings. The predicted molar refractivity (Wildman–Crippen MR) is 125 cm³/mol. The van der Waals surface area contributed by atoms with Crippen LogP contribution in [0, 0.1) is 17.8 Å². The summed E-state index contributed by atoms with van der Waals surface area (Å²) in [5, 5.41) is 5.67. The Kier molecular flexibility index (Phi) is 6.20. The first-order valence-corrected chi connectivity index (χ1v) is 14.3. The molecule has 1 aliphatic heterocycles. The molecule has 6 rings (SSSR count). The Morgan fingerprint density at radius 2 is 1.70 bits per heavy atom. The highest BCUT2D eigenvalue weighted by atomic mass is 32.2. The lowest BCUT2D eigenvalue weighted by Gasteiger charge is -2.56. The standard InChI is InChI=1S/C23H32N4O4S2/c1-15(32-20-5-4-19(14-24-20)33(30,31)27-6-2-3-7-27)21(28)25-22(29)26-23-11-16-8-17(12-23)10-18(9-16)13-23/h4-5,14-18H,2-3,6-13H2,1H3,(H2,25,26,28,29)/t15-,16?,17?,18?,23?/m1/s1. The first-order chi connectivity index (χ1) is 15.7. The van der Waals surface area contributed by atoms with Crippen LogP contribution in [0.2, 0.25) is 0 Å². The molecule has 0 spiro atoms. The van der Waals surface area contributed by atoms with Gasteiger partial charge in [-0.2, -0.15) is 4.31 Å². The van der Waals surface area contributed by atoms with Gasteiger partial charge in [-0.15, -0.1) is 0 Å². The molecule has 3 amide bonds. The van der Waals surface area contributed by atoms with Gasteiger partial charge < -0.3 is 5.32 Å². The lowest BCUT2D eigenvalue weighted by molar-refractivity contribution is -0.119. The molecule has 5 fully saturated rings. The zero-order valence-electron chi connectivity index (χ0n) is 19.0. The number of nitrogens with zero attached hydrogens (tertiary/aromatic N) is 2. The van der Waals surface area contributed by atoms with Gasteiger partial charge in [0, 0.05) is 24.8 Å². The minimum Gasteiger partial charge on any atom is -0.332 e. The molecule has 1 saturated heterocycles. The van der Waals surface area contributed by atoms with Crippen molar-refractivity contribution in [3.63, 3.8) is 0 Å². The zero-order valence-corrected chi connectivity index (χ0v) is 20.6. The van der Waals surface area contributed by atoms with Crippen molar-refractivity contribution in [2.45, 2.75) is 79.0 Å². The second kappa shape index (κ2) is 8.85. The number of hydrogen-bond donors (Lipinski definition) is 2. The van der Waals surface area contributed by atoms with Crippen LogP contribution in [-0.2, 0) is 14.8 Å². The van der Waals surface area contributed by atoms with E-state index in [0.717, 1.165) is 32.1 Å². The summed E-state index contributed by atoms with van der Waals surface area (Å²) >= 11 is 1.20. The molecule has 5 aliphatic rings. The molecule has 0 aromatic carbocycles. The van der Waals surface area contributed by atoms with Crippen molar-refractivity contribution in [2.24, 2.45) is 17.8 Å². The van der Waals surface area contributed by atoms with E-state index in [2.05, 4.69) is 15.6 Å². The second-order valence-corrected chi connectivity index (χ2v) is 13.6. The summed E-state index contributed by atoms with van der Waals surface area (Å²) in [7, 11) is -3.51. The van der Waals surface area contributed by atoms with Crippen molar-refractivity contribution in [3.05, 3.63) is 18.3 Å². The third-order valence-corrected chi connectivity index (χ3v) is 10.7. The Hall–Kier alpha value is -1.65. The SMILES string of the molecule is C[C@@H](Sc1ccc(S(=O)(=O)N2CCCC2)cn1)C(=O)NC(=O)NC12CC3CC(CC(C3)C1)C2. The number of aromatic nitrogens is 1. The molecule has 10 heteroatoms. The lowest BCUT2D eigenvalue weighted by atomic mass is 9.53. The molecule has 2 N–H and O–H groups in total. The van der Waals surface area contributed by atoms with E-state index >= 15 is 0 Å². The highest BCUT2D eigenvalue weighted by molar-refractivity contribution is 8.00. The first kappa shape index (κ1) is 23.1. The number of rotatable bonds is 6. The van der Waals surface area contributed by atoms with Crippen LogP contribution in [0.5, 0.6) is 0 Å². The lowest BCUT2D eigenvalue weighted by Crippen LogP contribution is -2.62. The number of carbonyl (C=O) groups excluding carboxylic acids is 2. The number of thioether (sulfide) groups is 1. The molecule has 0 radical (unpaired) electrons. The van der Waals surface area contributed by atoms with Gasteiger partial charge in [-0.3, -0.25) is 10.1 Å². The summed E-state index contributed by atoms with van der Waals surface area (Å²) in [6.45, 7) is 2.80. The Balaban J connectivity index is 1.14. The van der Waals surface area contributed by atoms with Crippen LogP contribution in [-0.4, -0.2) is 53.5 Å². The van der Waals surface area contributed by atoms with Gasteiger partial charge in [0.1, 0.15) is 4.90 Å². The van der Waals surface area contributed by atoms with E-state index < -0.39 is 21.3 Å². The number of carbonyl (C=O) groups is 2. The van der Waals surface area contributed by atoms with Crippen LogP contribution in [0.3, 0.4) is 0 Å². The summed E-state index contributed by atoms with van der Waals surface area (Å²) in [5.41, 5.74) is -0.145. The third kappa shape index (κ3) is 4.79. The first-order valence-electron chi connectivity index (χ1n) is 12.0. The third-order valence-electron chi connectivity index (χ3n) is 7.73. The average Bonchev–Trinajstić information content (AvgIpc) is 3.28. The number of nitrogens with one attached hydrogen (secondary N) is 2. The van der Waals surface area contributed by atoms with Crippen LogP contribution >= 0.6 is 11.8 Å². The molecule has 1 aromatic heterocycles.